The Bertz CT molecular complexity index is 1080. The summed E-state index contributed by atoms with van der Waals surface area (Å²) >= 11 is 0. The van der Waals surface area contributed by atoms with E-state index in [1.807, 2.05) is 17.2 Å². The first-order valence-corrected chi connectivity index (χ1v) is 10.4. The van der Waals surface area contributed by atoms with Crippen LogP contribution in [0, 0.1) is 12.8 Å². The highest BCUT2D eigenvalue weighted by Gasteiger charge is 2.27. The minimum absolute atomic E-state index is 0.0285. The number of carbonyl (C=O) groups excluding carboxylic acids is 2. The highest BCUT2D eigenvalue weighted by atomic mass is 16.2. The molecule has 0 spiro atoms. The predicted octanol–water partition coefficient (Wildman–Crippen LogP) is 3.99. The summed E-state index contributed by atoms with van der Waals surface area (Å²) in [5.41, 5.74) is 3.51. The average Bonchev–Trinajstić information content (AvgIpc) is 3.22. The number of amides is 2. The van der Waals surface area contributed by atoms with Gasteiger partial charge in [0, 0.05) is 48.8 Å². The van der Waals surface area contributed by atoms with E-state index in [-0.39, 0.29) is 11.8 Å². The maximum atomic E-state index is 12.8. The standard InChI is InChI=1S/C24H26N4O2/c1-3-23(29)26-20-7-5-18(6-8-20)24(30)28-11-10-17(15-28)13-22-25-14-19-12-16(2)4-9-21(19)27-22/h4-9,12,14,17H,3,10-11,13,15H2,1-2H3,(H,26,29)/t17-/m0/s1. The predicted molar refractivity (Wildman–Crippen MR) is 117 cm³/mol. The zero-order valence-electron chi connectivity index (χ0n) is 17.4. The SMILES string of the molecule is CCC(=O)Nc1ccc(C(=O)N2CC[C@@H](Cc3ncc4cc(C)ccc4n3)C2)cc1. The molecule has 1 aliphatic heterocycles. The van der Waals surface area contributed by atoms with Crippen molar-refractivity contribution in [2.24, 2.45) is 5.92 Å². The first kappa shape index (κ1) is 20.0. The Hall–Kier alpha value is -3.28. The maximum Gasteiger partial charge on any atom is 0.253 e. The minimum atomic E-state index is -0.0393. The number of likely N-dealkylation sites (tertiary alicyclic amines) is 1. The van der Waals surface area contributed by atoms with E-state index in [4.69, 9.17) is 4.98 Å². The van der Waals surface area contributed by atoms with Crippen LogP contribution in [0.5, 0.6) is 0 Å². The van der Waals surface area contributed by atoms with Crippen LogP contribution >= 0.6 is 0 Å². The molecule has 0 saturated carbocycles. The van der Waals surface area contributed by atoms with Crippen molar-refractivity contribution < 1.29 is 9.59 Å². The molecule has 1 aromatic heterocycles. The molecule has 6 heteroatoms. The molecule has 0 radical (unpaired) electrons. The lowest BCUT2D eigenvalue weighted by Gasteiger charge is -2.17. The molecule has 0 aliphatic carbocycles. The Balaban J connectivity index is 1.37. The Labute approximate surface area is 176 Å². The minimum Gasteiger partial charge on any atom is -0.338 e. The lowest BCUT2D eigenvalue weighted by Crippen LogP contribution is -2.29. The third-order valence-electron chi connectivity index (χ3n) is 5.57. The first-order chi connectivity index (χ1) is 14.5. The quantitative estimate of drug-likeness (QED) is 0.700. The third kappa shape index (κ3) is 4.48. The molecule has 6 nitrogen and oxygen atoms in total. The summed E-state index contributed by atoms with van der Waals surface area (Å²) in [5, 5.41) is 3.86. The normalized spacial score (nSPS) is 16.1. The molecule has 1 atom stereocenters. The van der Waals surface area contributed by atoms with Gasteiger partial charge in [0.15, 0.2) is 0 Å². The van der Waals surface area contributed by atoms with Gasteiger partial charge in [0.05, 0.1) is 5.52 Å². The lowest BCUT2D eigenvalue weighted by molar-refractivity contribution is -0.115. The van der Waals surface area contributed by atoms with E-state index in [9.17, 15) is 9.59 Å². The summed E-state index contributed by atoms with van der Waals surface area (Å²) in [4.78, 5) is 35.5. The highest BCUT2D eigenvalue weighted by molar-refractivity contribution is 5.96. The highest BCUT2D eigenvalue weighted by Crippen LogP contribution is 2.23. The van der Waals surface area contributed by atoms with E-state index in [2.05, 4.69) is 29.4 Å². The van der Waals surface area contributed by atoms with Gasteiger partial charge in [-0.1, -0.05) is 18.6 Å². The van der Waals surface area contributed by atoms with Crippen LogP contribution in [-0.2, 0) is 11.2 Å². The Morgan fingerprint density at radius 2 is 1.97 bits per heavy atom. The van der Waals surface area contributed by atoms with Crippen LogP contribution in [0.1, 0.15) is 41.5 Å². The van der Waals surface area contributed by atoms with Crippen molar-refractivity contribution in [2.45, 2.75) is 33.1 Å². The van der Waals surface area contributed by atoms with Crippen LogP contribution in [0.2, 0.25) is 0 Å². The van der Waals surface area contributed by atoms with Crippen LogP contribution in [0.15, 0.2) is 48.7 Å². The third-order valence-corrected chi connectivity index (χ3v) is 5.57. The molecule has 1 N–H and O–H groups in total. The van der Waals surface area contributed by atoms with E-state index < -0.39 is 0 Å². The van der Waals surface area contributed by atoms with Crippen LogP contribution < -0.4 is 5.32 Å². The van der Waals surface area contributed by atoms with E-state index in [1.165, 1.54) is 5.56 Å². The molecule has 0 bridgehead atoms. The molecule has 4 rings (SSSR count). The van der Waals surface area contributed by atoms with Crippen LogP contribution in [0.25, 0.3) is 10.9 Å². The number of nitrogens with zero attached hydrogens (tertiary/aromatic N) is 3. The molecule has 1 saturated heterocycles. The number of nitrogens with one attached hydrogen (secondary N) is 1. The van der Waals surface area contributed by atoms with Crippen LogP contribution in [0.4, 0.5) is 5.69 Å². The first-order valence-electron chi connectivity index (χ1n) is 10.4. The summed E-state index contributed by atoms with van der Waals surface area (Å²) in [5.74, 6) is 1.19. The summed E-state index contributed by atoms with van der Waals surface area (Å²) < 4.78 is 0. The van der Waals surface area contributed by atoms with Gasteiger partial charge in [-0.25, -0.2) is 9.97 Å². The smallest absolute Gasteiger partial charge is 0.253 e. The largest absolute Gasteiger partial charge is 0.338 e. The summed E-state index contributed by atoms with van der Waals surface area (Å²) in [6.45, 7) is 5.32. The van der Waals surface area contributed by atoms with Gasteiger partial charge in [-0.05, 0) is 55.7 Å². The number of hydrogen-bond donors (Lipinski definition) is 1. The molecule has 2 amide bonds. The fourth-order valence-corrected chi connectivity index (χ4v) is 3.86. The Morgan fingerprint density at radius 1 is 1.17 bits per heavy atom. The molecule has 154 valence electrons. The van der Waals surface area contributed by atoms with Crippen molar-refractivity contribution in [1.82, 2.24) is 14.9 Å². The summed E-state index contributed by atoms with van der Waals surface area (Å²) in [6.07, 6.45) is 4.04. The number of rotatable bonds is 5. The van der Waals surface area contributed by atoms with Crippen molar-refractivity contribution in [2.75, 3.05) is 18.4 Å². The van der Waals surface area contributed by atoms with Gasteiger partial charge in [-0.3, -0.25) is 9.59 Å². The van der Waals surface area contributed by atoms with Crippen molar-refractivity contribution in [3.8, 4) is 0 Å². The van der Waals surface area contributed by atoms with Crippen LogP contribution in [-0.4, -0.2) is 39.8 Å². The van der Waals surface area contributed by atoms with E-state index in [0.29, 0.717) is 30.1 Å². The second-order valence-corrected chi connectivity index (χ2v) is 7.94. The number of aromatic nitrogens is 2. The maximum absolute atomic E-state index is 12.8. The van der Waals surface area contributed by atoms with Gasteiger partial charge in [0.25, 0.3) is 5.91 Å². The molecule has 0 unspecified atom stereocenters. The number of anilines is 1. The summed E-state index contributed by atoms with van der Waals surface area (Å²) in [6, 6.07) is 13.3. The Kier molecular flexibility index (Phi) is 5.74. The van der Waals surface area contributed by atoms with Crippen molar-refractivity contribution in [3.63, 3.8) is 0 Å². The molecule has 2 aromatic carbocycles. The summed E-state index contributed by atoms with van der Waals surface area (Å²) in [7, 11) is 0. The fourth-order valence-electron chi connectivity index (χ4n) is 3.86. The molecule has 3 aromatic rings. The van der Waals surface area contributed by atoms with E-state index in [1.54, 1.807) is 31.2 Å². The molecule has 30 heavy (non-hydrogen) atoms. The Morgan fingerprint density at radius 3 is 2.73 bits per heavy atom. The molecule has 1 fully saturated rings. The van der Waals surface area contributed by atoms with Crippen LogP contribution in [0.3, 0.4) is 0 Å². The van der Waals surface area contributed by atoms with Crippen molar-refractivity contribution in [3.05, 3.63) is 65.6 Å². The molecule has 2 heterocycles. The van der Waals surface area contributed by atoms with Gasteiger partial charge < -0.3 is 10.2 Å². The number of hydrogen-bond acceptors (Lipinski definition) is 4. The van der Waals surface area contributed by atoms with Gasteiger partial charge in [-0.2, -0.15) is 0 Å². The van der Waals surface area contributed by atoms with Crippen molar-refractivity contribution in [1.29, 1.82) is 0 Å². The van der Waals surface area contributed by atoms with Gasteiger partial charge in [0.2, 0.25) is 5.91 Å². The average molecular weight is 402 g/mol. The van der Waals surface area contributed by atoms with Crippen molar-refractivity contribution >= 4 is 28.4 Å². The number of carbonyl (C=O) groups is 2. The van der Waals surface area contributed by atoms with E-state index >= 15 is 0 Å². The second kappa shape index (κ2) is 8.61. The fraction of sp³-hybridized carbons (Fsp3) is 0.333. The molecular weight excluding hydrogens is 376 g/mol. The van der Waals surface area contributed by atoms with Gasteiger partial charge in [0.1, 0.15) is 5.82 Å². The van der Waals surface area contributed by atoms with E-state index in [0.717, 1.165) is 36.1 Å². The monoisotopic (exact) mass is 402 g/mol. The number of benzene rings is 2. The molecule has 1 aliphatic rings. The number of aryl methyl sites for hydroxylation is 1. The second-order valence-electron chi connectivity index (χ2n) is 7.94. The zero-order chi connectivity index (χ0) is 21.1. The lowest BCUT2D eigenvalue weighted by atomic mass is 10.0. The van der Waals surface area contributed by atoms with Gasteiger partial charge in [-0.15, -0.1) is 0 Å². The molecular formula is C24H26N4O2. The van der Waals surface area contributed by atoms with Gasteiger partial charge >= 0.3 is 0 Å². The zero-order valence-corrected chi connectivity index (χ0v) is 17.4. The number of fused-ring (bicyclic) bond motifs is 1. The topological polar surface area (TPSA) is 75.2 Å².